The Morgan fingerprint density at radius 1 is 1.09 bits per heavy atom. The summed E-state index contributed by atoms with van der Waals surface area (Å²) in [5, 5.41) is 3.15. The second kappa shape index (κ2) is 6.75. The van der Waals surface area contributed by atoms with Crippen molar-refractivity contribution in [2.24, 2.45) is 0 Å². The minimum absolute atomic E-state index is 0.154. The van der Waals surface area contributed by atoms with Gasteiger partial charge in [0.05, 0.1) is 0 Å². The molecule has 0 unspecified atom stereocenters. The van der Waals surface area contributed by atoms with Gasteiger partial charge in [0.1, 0.15) is 0 Å². The fourth-order valence-electron chi connectivity index (χ4n) is 3.05. The van der Waals surface area contributed by atoms with Crippen LogP contribution in [0.2, 0.25) is 0 Å². The van der Waals surface area contributed by atoms with E-state index in [1.165, 1.54) is 11.1 Å². The molecule has 0 aliphatic carbocycles. The van der Waals surface area contributed by atoms with Crippen molar-refractivity contribution in [3.8, 4) is 0 Å². The molecule has 0 spiro atoms. The summed E-state index contributed by atoms with van der Waals surface area (Å²) in [7, 11) is 1.94. The fraction of sp³-hybridized carbons (Fsp3) is 0.316. The van der Waals surface area contributed by atoms with E-state index in [1.54, 1.807) is 0 Å². The number of benzene rings is 2. The number of fused-ring (bicyclic) bond motifs is 1. The maximum Gasteiger partial charge on any atom is 0.254 e. The maximum absolute atomic E-state index is 12.9. The molecule has 0 saturated heterocycles. The maximum atomic E-state index is 12.9. The van der Waals surface area contributed by atoms with Crippen LogP contribution in [0.5, 0.6) is 0 Å². The molecule has 3 heteroatoms. The lowest BCUT2D eigenvalue weighted by Gasteiger charge is -2.29. The first kappa shape index (κ1) is 14.8. The van der Waals surface area contributed by atoms with Gasteiger partial charge in [0.2, 0.25) is 0 Å². The second-order valence-corrected chi connectivity index (χ2v) is 5.76. The number of carbonyl (C=O) groups is 1. The summed E-state index contributed by atoms with van der Waals surface area (Å²) < 4.78 is 0. The third kappa shape index (κ3) is 3.04. The van der Waals surface area contributed by atoms with Crippen molar-refractivity contribution in [2.75, 3.05) is 20.1 Å². The number of hydrogen-bond donors (Lipinski definition) is 1. The average molecular weight is 294 g/mol. The Morgan fingerprint density at radius 3 is 2.64 bits per heavy atom. The smallest absolute Gasteiger partial charge is 0.254 e. The molecule has 1 amide bonds. The SMILES string of the molecule is CNCCc1ccccc1C(=O)N1CCc2ccccc2C1. The second-order valence-electron chi connectivity index (χ2n) is 5.76. The summed E-state index contributed by atoms with van der Waals surface area (Å²) in [6.07, 6.45) is 1.82. The molecule has 2 aromatic rings. The van der Waals surface area contributed by atoms with E-state index in [1.807, 2.05) is 36.2 Å². The average Bonchev–Trinajstić information content (AvgIpc) is 2.59. The summed E-state index contributed by atoms with van der Waals surface area (Å²) >= 11 is 0. The molecule has 2 aromatic carbocycles. The van der Waals surface area contributed by atoms with Gasteiger partial charge in [-0.3, -0.25) is 4.79 Å². The molecule has 0 bridgehead atoms. The predicted octanol–water partition coefficient (Wildman–Crippen LogP) is 2.65. The van der Waals surface area contributed by atoms with Crippen molar-refractivity contribution in [3.63, 3.8) is 0 Å². The van der Waals surface area contributed by atoms with Crippen molar-refractivity contribution in [3.05, 3.63) is 70.8 Å². The third-order valence-electron chi connectivity index (χ3n) is 4.31. The summed E-state index contributed by atoms with van der Waals surface area (Å²) in [6.45, 7) is 2.40. The molecule has 1 heterocycles. The Kier molecular flexibility index (Phi) is 4.54. The molecule has 0 fully saturated rings. The summed E-state index contributed by atoms with van der Waals surface area (Å²) in [4.78, 5) is 14.9. The number of nitrogens with zero attached hydrogens (tertiary/aromatic N) is 1. The van der Waals surface area contributed by atoms with Gasteiger partial charge in [-0.15, -0.1) is 0 Å². The lowest BCUT2D eigenvalue weighted by Crippen LogP contribution is -2.36. The van der Waals surface area contributed by atoms with E-state index < -0.39 is 0 Å². The quantitative estimate of drug-likeness (QED) is 0.940. The first-order chi connectivity index (χ1) is 10.8. The highest BCUT2D eigenvalue weighted by atomic mass is 16.2. The minimum Gasteiger partial charge on any atom is -0.334 e. The van der Waals surface area contributed by atoms with Crippen molar-refractivity contribution in [2.45, 2.75) is 19.4 Å². The molecule has 0 atom stereocenters. The van der Waals surface area contributed by atoms with E-state index in [0.29, 0.717) is 0 Å². The van der Waals surface area contributed by atoms with Crippen molar-refractivity contribution < 1.29 is 4.79 Å². The molecule has 0 aromatic heterocycles. The molecular formula is C19H22N2O. The van der Waals surface area contributed by atoms with Crippen molar-refractivity contribution in [1.29, 1.82) is 0 Å². The zero-order valence-electron chi connectivity index (χ0n) is 13.0. The lowest BCUT2D eigenvalue weighted by atomic mass is 9.98. The standard InChI is InChI=1S/C19H22N2O/c1-20-12-10-16-7-4-5-9-18(16)19(22)21-13-11-15-6-2-3-8-17(15)14-21/h2-9,20H,10-14H2,1H3. The minimum atomic E-state index is 0.154. The summed E-state index contributed by atoms with van der Waals surface area (Å²) in [5.74, 6) is 0.154. The van der Waals surface area contributed by atoms with Gasteiger partial charge in [-0.2, -0.15) is 0 Å². The molecule has 1 N–H and O–H groups in total. The van der Waals surface area contributed by atoms with Crippen LogP contribution in [0.4, 0.5) is 0 Å². The van der Waals surface area contributed by atoms with Gasteiger partial charge in [0, 0.05) is 18.7 Å². The third-order valence-corrected chi connectivity index (χ3v) is 4.31. The summed E-state index contributed by atoms with van der Waals surface area (Å²) in [6, 6.07) is 16.4. The van der Waals surface area contributed by atoms with Crippen molar-refractivity contribution >= 4 is 5.91 Å². The highest BCUT2D eigenvalue weighted by molar-refractivity contribution is 5.95. The van der Waals surface area contributed by atoms with Crippen LogP contribution < -0.4 is 5.32 Å². The summed E-state index contributed by atoms with van der Waals surface area (Å²) in [5.41, 5.74) is 4.61. The number of amides is 1. The Hall–Kier alpha value is -2.13. The van der Waals surface area contributed by atoms with Crippen LogP contribution in [0.3, 0.4) is 0 Å². The van der Waals surface area contributed by atoms with Crippen LogP contribution in [-0.2, 0) is 19.4 Å². The molecule has 3 nitrogen and oxygen atoms in total. The number of carbonyl (C=O) groups excluding carboxylic acids is 1. The highest BCUT2D eigenvalue weighted by Gasteiger charge is 2.22. The Morgan fingerprint density at radius 2 is 1.82 bits per heavy atom. The van der Waals surface area contributed by atoms with E-state index in [-0.39, 0.29) is 5.91 Å². The van der Waals surface area contributed by atoms with E-state index in [0.717, 1.165) is 43.6 Å². The first-order valence-electron chi connectivity index (χ1n) is 7.88. The molecule has 1 aliphatic rings. The van der Waals surface area contributed by atoms with Gasteiger partial charge in [-0.25, -0.2) is 0 Å². The van der Waals surface area contributed by atoms with Crippen LogP contribution in [0, 0.1) is 0 Å². The number of likely N-dealkylation sites (N-methyl/N-ethyl adjacent to an activating group) is 1. The normalized spacial score (nSPS) is 13.8. The van der Waals surface area contributed by atoms with E-state index in [9.17, 15) is 4.79 Å². The fourth-order valence-corrected chi connectivity index (χ4v) is 3.05. The molecule has 0 radical (unpaired) electrons. The van der Waals surface area contributed by atoms with Gasteiger partial charge in [0.25, 0.3) is 5.91 Å². The molecule has 1 aliphatic heterocycles. The number of hydrogen-bond acceptors (Lipinski definition) is 2. The monoisotopic (exact) mass is 294 g/mol. The Labute approximate surface area is 132 Å². The van der Waals surface area contributed by atoms with E-state index in [2.05, 4.69) is 29.6 Å². The Balaban J connectivity index is 1.80. The molecule has 22 heavy (non-hydrogen) atoms. The molecular weight excluding hydrogens is 272 g/mol. The van der Waals surface area contributed by atoms with Crippen LogP contribution in [0.1, 0.15) is 27.0 Å². The zero-order valence-corrected chi connectivity index (χ0v) is 13.0. The van der Waals surface area contributed by atoms with Crippen LogP contribution >= 0.6 is 0 Å². The van der Waals surface area contributed by atoms with Crippen LogP contribution in [0.25, 0.3) is 0 Å². The molecule has 3 rings (SSSR count). The van der Waals surface area contributed by atoms with Crippen LogP contribution in [-0.4, -0.2) is 30.9 Å². The highest BCUT2D eigenvalue weighted by Crippen LogP contribution is 2.21. The van der Waals surface area contributed by atoms with Gasteiger partial charge in [0.15, 0.2) is 0 Å². The van der Waals surface area contributed by atoms with Gasteiger partial charge in [-0.05, 0) is 49.2 Å². The van der Waals surface area contributed by atoms with Gasteiger partial charge in [-0.1, -0.05) is 42.5 Å². The zero-order chi connectivity index (χ0) is 15.4. The van der Waals surface area contributed by atoms with Crippen molar-refractivity contribution in [1.82, 2.24) is 10.2 Å². The van der Waals surface area contributed by atoms with Gasteiger partial charge < -0.3 is 10.2 Å². The van der Waals surface area contributed by atoms with E-state index >= 15 is 0 Å². The topological polar surface area (TPSA) is 32.3 Å². The van der Waals surface area contributed by atoms with Crippen LogP contribution in [0.15, 0.2) is 48.5 Å². The predicted molar refractivity (Wildman–Crippen MR) is 89.0 cm³/mol. The van der Waals surface area contributed by atoms with Gasteiger partial charge >= 0.3 is 0 Å². The van der Waals surface area contributed by atoms with E-state index in [4.69, 9.17) is 0 Å². The molecule has 0 saturated carbocycles. The largest absolute Gasteiger partial charge is 0.334 e. The number of rotatable bonds is 4. The first-order valence-corrected chi connectivity index (χ1v) is 7.88. The lowest BCUT2D eigenvalue weighted by molar-refractivity contribution is 0.0733. The molecule has 114 valence electrons. The Bertz CT molecular complexity index is 666. The number of nitrogens with one attached hydrogen (secondary N) is 1.